The molecule has 1 atom stereocenters. The molecular weight excluding hydrogens is 392 g/mol. The van der Waals surface area contributed by atoms with Crippen LogP contribution in [0.4, 0.5) is 0 Å². The van der Waals surface area contributed by atoms with Gasteiger partial charge in [0.15, 0.2) is 5.92 Å². The van der Waals surface area contributed by atoms with Crippen molar-refractivity contribution in [1.29, 1.82) is 0 Å². The van der Waals surface area contributed by atoms with Gasteiger partial charge in [-0.25, -0.2) is 0 Å². The van der Waals surface area contributed by atoms with Gasteiger partial charge in [-0.15, -0.1) is 0 Å². The van der Waals surface area contributed by atoms with E-state index in [4.69, 9.17) is 14.2 Å². The van der Waals surface area contributed by atoms with E-state index in [9.17, 15) is 9.59 Å². The summed E-state index contributed by atoms with van der Waals surface area (Å²) in [4.78, 5) is 26.2. The zero-order valence-electron chi connectivity index (χ0n) is 17.1. The highest BCUT2D eigenvalue weighted by Crippen LogP contribution is 2.34. The Morgan fingerprint density at radius 1 is 0.774 bits per heavy atom. The largest absolute Gasteiger partial charge is 0.460 e. The van der Waals surface area contributed by atoms with E-state index in [1.807, 2.05) is 84.9 Å². The fourth-order valence-corrected chi connectivity index (χ4v) is 3.68. The summed E-state index contributed by atoms with van der Waals surface area (Å²) >= 11 is 0. The molecule has 5 heteroatoms. The van der Waals surface area contributed by atoms with Crippen molar-refractivity contribution < 1.29 is 23.8 Å². The molecule has 4 rings (SSSR count). The maximum Gasteiger partial charge on any atom is 0.323 e. The summed E-state index contributed by atoms with van der Waals surface area (Å²) in [5, 5.41) is 0. The highest BCUT2D eigenvalue weighted by Gasteiger charge is 2.41. The third kappa shape index (κ3) is 5.19. The topological polar surface area (TPSA) is 61.8 Å². The molecule has 0 spiro atoms. The van der Waals surface area contributed by atoms with Crippen LogP contribution >= 0.6 is 0 Å². The fraction of sp³-hybridized carbons (Fsp3) is 0.231. The minimum atomic E-state index is -1.20. The van der Waals surface area contributed by atoms with E-state index in [-0.39, 0.29) is 13.2 Å². The van der Waals surface area contributed by atoms with Crippen molar-refractivity contribution in [3.8, 4) is 0 Å². The maximum absolute atomic E-state index is 13.1. The molecule has 158 valence electrons. The molecule has 0 bridgehead atoms. The number of ether oxygens (including phenoxy) is 3. The van der Waals surface area contributed by atoms with Gasteiger partial charge < -0.3 is 14.2 Å². The minimum absolute atomic E-state index is 0.0799. The molecule has 5 nitrogen and oxygen atoms in total. The first-order valence-electron chi connectivity index (χ1n) is 10.3. The normalized spacial score (nSPS) is 15.2. The Morgan fingerprint density at radius 3 is 1.87 bits per heavy atom. The van der Waals surface area contributed by atoms with E-state index in [1.54, 1.807) is 0 Å². The van der Waals surface area contributed by atoms with Crippen LogP contribution < -0.4 is 0 Å². The molecule has 1 aliphatic heterocycles. The Labute approximate surface area is 181 Å². The quantitative estimate of drug-likeness (QED) is 0.422. The van der Waals surface area contributed by atoms with Gasteiger partial charge in [-0.2, -0.15) is 0 Å². The van der Waals surface area contributed by atoms with E-state index < -0.39 is 24.0 Å². The summed E-state index contributed by atoms with van der Waals surface area (Å²) < 4.78 is 16.9. The summed E-state index contributed by atoms with van der Waals surface area (Å²) in [6.07, 6.45) is -0.00570. The Bertz CT molecular complexity index is 961. The minimum Gasteiger partial charge on any atom is -0.460 e. The van der Waals surface area contributed by atoms with Gasteiger partial charge in [-0.05, 0) is 28.7 Å². The molecule has 0 radical (unpaired) electrons. The molecule has 0 saturated heterocycles. The van der Waals surface area contributed by atoms with Gasteiger partial charge in [-0.3, -0.25) is 9.59 Å². The summed E-state index contributed by atoms with van der Waals surface area (Å²) in [5.74, 6) is -2.50. The second-order valence-corrected chi connectivity index (χ2v) is 7.40. The number of hydrogen-bond acceptors (Lipinski definition) is 5. The van der Waals surface area contributed by atoms with Crippen molar-refractivity contribution in [2.24, 2.45) is 5.92 Å². The molecule has 3 aromatic rings. The molecule has 0 saturated carbocycles. The van der Waals surface area contributed by atoms with Gasteiger partial charge in [-0.1, -0.05) is 84.9 Å². The molecular formula is C26H24O5. The summed E-state index contributed by atoms with van der Waals surface area (Å²) in [6, 6.07) is 26.4. The third-order valence-electron chi connectivity index (χ3n) is 5.29. The predicted octanol–water partition coefficient (Wildman–Crippen LogP) is 4.40. The van der Waals surface area contributed by atoms with Gasteiger partial charge in [0, 0.05) is 0 Å². The number of esters is 2. The van der Waals surface area contributed by atoms with Crippen molar-refractivity contribution in [3.63, 3.8) is 0 Å². The van der Waals surface area contributed by atoms with Gasteiger partial charge in [0.05, 0.1) is 6.61 Å². The van der Waals surface area contributed by atoms with Crippen LogP contribution in [0.5, 0.6) is 0 Å². The highest BCUT2D eigenvalue weighted by atomic mass is 16.6. The van der Waals surface area contributed by atoms with Crippen LogP contribution in [0.1, 0.15) is 28.4 Å². The summed E-state index contributed by atoms with van der Waals surface area (Å²) in [5.41, 5.74) is 3.58. The average molecular weight is 416 g/mol. The summed E-state index contributed by atoms with van der Waals surface area (Å²) in [6.45, 7) is 0.586. The van der Waals surface area contributed by atoms with E-state index in [1.165, 1.54) is 0 Å². The van der Waals surface area contributed by atoms with E-state index >= 15 is 0 Å². The standard InChI is InChI=1S/C26H24O5/c27-25(30-17-19-9-3-1-4-10-19)23(26(28)31-18-20-11-5-2-6-12-20)24-22-14-8-7-13-21(22)15-16-29-24/h1-14,23-24H,15-18H2. The van der Waals surface area contributed by atoms with Crippen LogP contribution in [0.15, 0.2) is 84.9 Å². The van der Waals surface area contributed by atoms with E-state index in [0.717, 1.165) is 28.7 Å². The molecule has 0 fully saturated rings. The first kappa shape index (κ1) is 20.8. The molecule has 31 heavy (non-hydrogen) atoms. The van der Waals surface area contributed by atoms with Crippen LogP contribution in [0, 0.1) is 5.92 Å². The number of fused-ring (bicyclic) bond motifs is 1. The van der Waals surface area contributed by atoms with Crippen LogP contribution in [0.3, 0.4) is 0 Å². The molecule has 1 aliphatic rings. The number of rotatable bonds is 7. The molecule has 0 N–H and O–H groups in total. The zero-order chi connectivity index (χ0) is 21.5. The third-order valence-corrected chi connectivity index (χ3v) is 5.29. The number of carbonyl (C=O) groups excluding carboxylic acids is 2. The predicted molar refractivity (Wildman–Crippen MR) is 115 cm³/mol. The Hall–Kier alpha value is -3.44. The van der Waals surface area contributed by atoms with Crippen LogP contribution in [0.25, 0.3) is 0 Å². The van der Waals surface area contributed by atoms with Crippen molar-refractivity contribution in [2.45, 2.75) is 25.7 Å². The Morgan fingerprint density at radius 2 is 1.29 bits per heavy atom. The molecule has 1 unspecified atom stereocenters. The zero-order valence-corrected chi connectivity index (χ0v) is 17.1. The lowest BCUT2D eigenvalue weighted by molar-refractivity contribution is -0.172. The van der Waals surface area contributed by atoms with E-state index in [0.29, 0.717) is 6.61 Å². The smallest absolute Gasteiger partial charge is 0.323 e. The Balaban J connectivity index is 1.54. The first-order valence-corrected chi connectivity index (χ1v) is 10.3. The molecule has 0 aromatic heterocycles. The lowest BCUT2D eigenvalue weighted by atomic mass is 9.89. The van der Waals surface area contributed by atoms with Crippen LogP contribution in [0.2, 0.25) is 0 Å². The summed E-state index contributed by atoms with van der Waals surface area (Å²) in [7, 11) is 0. The van der Waals surface area contributed by atoms with Gasteiger partial charge >= 0.3 is 11.9 Å². The first-order chi connectivity index (χ1) is 15.2. The fourth-order valence-electron chi connectivity index (χ4n) is 3.68. The van der Waals surface area contributed by atoms with Gasteiger partial charge in [0.1, 0.15) is 19.3 Å². The van der Waals surface area contributed by atoms with Gasteiger partial charge in [0.25, 0.3) is 0 Å². The van der Waals surface area contributed by atoms with Crippen molar-refractivity contribution in [3.05, 3.63) is 107 Å². The SMILES string of the molecule is O=C(OCc1ccccc1)C(C(=O)OCc1ccccc1)C1OCCc2ccccc21. The second-order valence-electron chi connectivity index (χ2n) is 7.40. The number of hydrogen-bond donors (Lipinski definition) is 0. The number of benzene rings is 3. The van der Waals surface area contributed by atoms with E-state index in [2.05, 4.69) is 0 Å². The second kappa shape index (κ2) is 10.0. The van der Waals surface area contributed by atoms with Crippen LogP contribution in [-0.4, -0.2) is 18.5 Å². The molecule has 3 aromatic carbocycles. The van der Waals surface area contributed by atoms with Crippen molar-refractivity contribution in [2.75, 3.05) is 6.61 Å². The lowest BCUT2D eigenvalue weighted by Crippen LogP contribution is -2.36. The molecule has 0 aliphatic carbocycles. The van der Waals surface area contributed by atoms with Crippen LogP contribution in [-0.2, 0) is 43.4 Å². The Kier molecular flexibility index (Phi) is 6.75. The molecule has 1 heterocycles. The maximum atomic E-state index is 13.1. The molecule has 0 amide bonds. The van der Waals surface area contributed by atoms with Crippen molar-refractivity contribution >= 4 is 11.9 Å². The van der Waals surface area contributed by atoms with Gasteiger partial charge in [0.2, 0.25) is 0 Å². The monoisotopic (exact) mass is 416 g/mol. The number of carbonyl (C=O) groups is 2. The lowest BCUT2D eigenvalue weighted by Gasteiger charge is -2.30. The van der Waals surface area contributed by atoms with Crippen molar-refractivity contribution in [1.82, 2.24) is 0 Å². The highest BCUT2D eigenvalue weighted by molar-refractivity contribution is 5.96. The average Bonchev–Trinajstić information content (AvgIpc) is 2.83.